The summed E-state index contributed by atoms with van der Waals surface area (Å²) in [5.74, 6) is 0.803. The van der Waals surface area contributed by atoms with Crippen molar-refractivity contribution in [1.29, 1.82) is 0 Å². The van der Waals surface area contributed by atoms with E-state index in [9.17, 15) is 4.79 Å². The number of halogens is 1. The van der Waals surface area contributed by atoms with Gasteiger partial charge in [-0.05, 0) is 58.2 Å². The maximum absolute atomic E-state index is 11.8. The molecule has 0 aromatic heterocycles. The second kappa shape index (κ2) is 13.4. The number of anilines is 1. The van der Waals surface area contributed by atoms with Gasteiger partial charge in [-0.1, -0.05) is 24.3 Å². The summed E-state index contributed by atoms with van der Waals surface area (Å²) < 4.78 is 5.24. The predicted molar refractivity (Wildman–Crippen MR) is 124 cm³/mol. The van der Waals surface area contributed by atoms with Crippen LogP contribution in [0.1, 0.15) is 39.7 Å². The van der Waals surface area contributed by atoms with Gasteiger partial charge in [-0.15, -0.1) is 24.0 Å². The van der Waals surface area contributed by atoms with Gasteiger partial charge >= 0.3 is 6.09 Å². The third kappa shape index (κ3) is 12.3. The van der Waals surface area contributed by atoms with Gasteiger partial charge in [0.2, 0.25) is 0 Å². The van der Waals surface area contributed by atoms with Crippen molar-refractivity contribution in [1.82, 2.24) is 10.6 Å². The number of carbonyl (C=O) groups excluding carboxylic acids is 1. The van der Waals surface area contributed by atoms with Gasteiger partial charge in [0.1, 0.15) is 5.60 Å². The lowest BCUT2D eigenvalue weighted by Gasteiger charge is -2.19. The van der Waals surface area contributed by atoms with E-state index in [1.54, 1.807) is 7.05 Å². The van der Waals surface area contributed by atoms with Gasteiger partial charge in [-0.25, -0.2) is 4.79 Å². The quantitative estimate of drug-likeness (QED) is 0.176. The molecule has 1 rings (SSSR count). The van der Waals surface area contributed by atoms with Crippen LogP contribution in [-0.4, -0.2) is 37.8 Å². The van der Waals surface area contributed by atoms with Crippen LogP contribution in [-0.2, 0) is 11.2 Å². The lowest BCUT2D eigenvalue weighted by molar-refractivity contribution is 0.0636. The Labute approximate surface area is 180 Å². The van der Waals surface area contributed by atoms with E-state index in [0.717, 1.165) is 37.6 Å². The summed E-state index contributed by atoms with van der Waals surface area (Å²) >= 11 is 0. The number of nitrogens with zero attached hydrogens (tertiary/aromatic N) is 1. The maximum atomic E-state index is 11.8. The number of rotatable bonds is 7. The molecule has 7 heteroatoms. The van der Waals surface area contributed by atoms with E-state index in [4.69, 9.17) is 4.74 Å². The fraction of sp³-hybridized carbons (Fsp3) is 0.500. The van der Waals surface area contributed by atoms with E-state index >= 15 is 0 Å². The molecule has 0 radical (unpaired) electrons. The lowest BCUT2D eigenvalue weighted by Crippen LogP contribution is -2.38. The van der Waals surface area contributed by atoms with E-state index < -0.39 is 11.7 Å². The predicted octanol–water partition coefficient (Wildman–Crippen LogP) is 4.33. The largest absolute Gasteiger partial charge is 0.444 e. The number of ether oxygens (including phenoxy) is 1. The Hall–Kier alpha value is -1.77. The van der Waals surface area contributed by atoms with Gasteiger partial charge in [0.25, 0.3) is 0 Å². The van der Waals surface area contributed by atoms with Crippen molar-refractivity contribution in [3.63, 3.8) is 0 Å². The molecular weight excluding hydrogens is 455 g/mol. The number of benzene rings is 1. The van der Waals surface area contributed by atoms with Gasteiger partial charge in [0.05, 0.1) is 0 Å². The van der Waals surface area contributed by atoms with Crippen LogP contribution in [0.2, 0.25) is 0 Å². The molecule has 0 aliphatic carbocycles. The van der Waals surface area contributed by atoms with Gasteiger partial charge in [0.15, 0.2) is 5.96 Å². The first-order chi connectivity index (χ1) is 12.3. The third-order valence-corrected chi connectivity index (χ3v) is 3.37. The highest BCUT2D eigenvalue weighted by Gasteiger charge is 2.15. The molecule has 0 unspecified atom stereocenters. The van der Waals surface area contributed by atoms with E-state index in [2.05, 4.69) is 27.0 Å². The molecule has 1 amide bonds. The molecule has 27 heavy (non-hydrogen) atoms. The summed E-state index contributed by atoms with van der Waals surface area (Å²) in [6, 6.07) is 7.75. The van der Waals surface area contributed by atoms with E-state index in [-0.39, 0.29) is 24.0 Å². The molecule has 0 aliphatic heterocycles. The molecule has 0 atom stereocenters. The number of nitrogens with one attached hydrogen (secondary N) is 3. The SMILES string of the molecule is C/C=C/CCNC(=NC)NCCc1ccc(NC(=O)OC(C)(C)C)cc1.I. The number of hydrogen-bond acceptors (Lipinski definition) is 3. The van der Waals surface area contributed by atoms with Crippen molar-refractivity contribution in [3.05, 3.63) is 42.0 Å². The van der Waals surface area contributed by atoms with Crippen molar-refractivity contribution in [3.8, 4) is 0 Å². The zero-order valence-electron chi connectivity index (χ0n) is 17.0. The van der Waals surface area contributed by atoms with Crippen LogP contribution in [0.4, 0.5) is 10.5 Å². The Balaban J connectivity index is 0.00000676. The number of allylic oxidation sites excluding steroid dienone is 1. The Bertz CT molecular complexity index is 607. The maximum Gasteiger partial charge on any atom is 0.412 e. The minimum absolute atomic E-state index is 0. The van der Waals surface area contributed by atoms with E-state index in [0.29, 0.717) is 0 Å². The smallest absolute Gasteiger partial charge is 0.412 e. The van der Waals surface area contributed by atoms with Gasteiger partial charge < -0.3 is 15.4 Å². The normalized spacial score (nSPS) is 11.7. The highest BCUT2D eigenvalue weighted by molar-refractivity contribution is 14.0. The lowest BCUT2D eigenvalue weighted by atomic mass is 10.1. The van der Waals surface area contributed by atoms with Crippen molar-refractivity contribution in [2.75, 3.05) is 25.5 Å². The molecule has 0 spiro atoms. The van der Waals surface area contributed by atoms with Crippen molar-refractivity contribution >= 4 is 41.7 Å². The average molecular weight is 488 g/mol. The molecule has 6 nitrogen and oxygen atoms in total. The molecule has 0 saturated carbocycles. The van der Waals surface area contributed by atoms with Gasteiger partial charge in [-0.2, -0.15) is 0 Å². The Morgan fingerprint density at radius 3 is 2.33 bits per heavy atom. The summed E-state index contributed by atoms with van der Waals surface area (Å²) in [6.07, 6.45) is 5.55. The summed E-state index contributed by atoms with van der Waals surface area (Å²) in [6.45, 7) is 9.17. The van der Waals surface area contributed by atoms with Crippen LogP contribution in [0, 0.1) is 0 Å². The number of guanidine groups is 1. The minimum atomic E-state index is -0.505. The molecule has 0 heterocycles. The van der Waals surface area contributed by atoms with Crippen molar-refractivity contribution in [2.24, 2.45) is 4.99 Å². The molecule has 0 saturated heterocycles. The average Bonchev–Trinajstić information content (AvgIpc) is 2.57. The number of carbonyl (C=O) groups is 1. The van der Waals surface area contributed by atoms with Crippen LogP contribution in [0.5, 0.6) is 0 Å². The Morgan fingerprint density at radius 1 is 1.15 bits per heavy atom. The molecule has 1 aromatic carbocycles. The summed E-state index contributed by atoms with van der Waals surface area (Å²) in [5, 5.41) is 9.29. The van der Waals surface area contributed by atoms with Crippen LogP contribution in [0.15, 0.2) is 41.4 Å². The molecule has 3 N–H and O–H groups in total. The second-order valence-corrected chi connectivity index (χ2v) is 6.86. The molecule has 1 aromatic rings. The summed E-state index contributed by atoms with van der Waals surface area (Å²) in [5.41, 5.74) is 1.39. The highest BCUT2D eigenvalue weighted by atomic mass is 127. The number of hydrogen-bond donors (Lipinski definition) is 3. The van der Waals surface area contributed by atoms with E-state index in [1.807, 2.05) is 58.0 Å². The summed E-state index contributed by atoms with van der Waals surface area (Å²) in [7, 11) is 1.77. The fourth-order valence-corrected chi connectivity index (χ4v) is 2.16. The van der Waals surface area contributed by atoms with Crippen LogP contribution < -0.4 is 16.0 Å². The van der Waals surface area contributed by atoms with Gasteiger partial charge in [-0.3, -0.25) is 10.3 Å². The van der Waals surface area contributed by atoms with Crippen LogP contribution >= 0.6 is 24.0 Å². The number of aliphatic imine (C=N–C) groups is 1. The first-order valence-corrected chi connectivity index (χ1v) is 8.98. The Morgan fingerprint density at radius 2 is 1.78 bits per heavy atom. The van der Waals surface area contributed by atoms with Gasteiger partial charge in [0, 0.05) is 25.8 Å². The fourth-order valence-electron chi connectivity index (χ4n) is 2.16. The molecule has 0 bridgehead atoms. The van der Waals surface area contributed by atoms with Crippen LogP contribution in [0.25, 0.3) is 0 Å². The monoisotopic (exact) mass is 488 g/mol. The van der Waals surface area contributed by atoms with E-state index in [1.165, 1.54) is 5.56 Å². The van der Waals surface area contributed by atoms with Crippen molar-refractivity contribution < 1.29 is 9.53 Å². The molecular formula is C20H33IN4O2. The summed E-state index contributed by atoms with van der Waals surface area (Å²) in [4.78, 5) is 16.0. The van der Waals surface area contributed by atoms with Crippen molar-refractivity contribution in [2.45, 2.75) is 46.1 Å². The first kappa shape index (κ1) is 25.2. The zero-order valence-corrected chi connectivity index (χ0v) is 19.3. The minimum Gasteiger partial charge on any atom is -0.444 e. The second-order valence-electron chi connectivity index (χ2n) is 6.86. The zero-order chi connectivity index (χ0) is 19.4. The molecule has 0 aliphatic rings. The molecule has 152 valence electrons. The Kier molecular flexibility index (Phi) is 12.5. The topological polar surface area (TPSA) is 74.8 Å². The number of amides is 1. The standard InChI is InChI=1S/C20H32N4O2.HI/c1-6-7-8-14-22-18(21-5)23-15-13-16-9-11-17(12-10-16)24-19(25)26-20(2,3)4;/h6-7,9-12H,8,13-15H2,1-5H3,(H,24,25)(H2,21,22,23);1H/b7-6+;. The highest BCUT2D eigenvalue weighted by Crippen LogP contribution is 2.13. The molecule has 0 fully saturated rings. The third-order valence-electron chi connectivity index (χ3n) is 3.37. The van der Waals surface area contributed by atoms with Crippen LogP contribution in [0.3, 0.4) is 0 Å². The first-order valence-electron chi connectivity index (χ1n) is 8.98.